The zero-order valence-corrected chi connectivity index (χ0v) is 10.8. The van der Waals surface area contributed by atoms with Crippen LogP contribution in [0.5, 0.6) is 5.75 Å². The van der Waals surface area contributed by atoms with Crippen LogP contribution < -0.4 is 4.74 Å². The van der Waals surface area contributed by atoms with E-state index in [1.807, 2.05) is 0 Å². The van der Waals surface area contributed by atoms with E-state index in [0.29, 0.717) is 10.8 Å². The van der Waals surface area contributed by atoms with Gasteiger partial charge in [0.25, 0.3) is 0 Å². The van der Waals surface area contributed by atoms with Gasteiger partial charge in [-0.2, -0.15) is 0 Å². The van der Waals surface area contributed by atoms with Crippen LogP contribution in [0.3, 0.4) is 0 Å². The molecule has 0 bridgehead atoms. The molecule has 0 saturated heterocycles. The minimum atomic E-state index is 0.189. The average Bonchev–Trinajstić information content (AvgIpc) is 2.39. The molecule has 0 unspecified atom stereocenters. The zero-order chi connectivity index (χ0) is 12.3. The average molecular weight is 253 g/mol. The lowest BCUT2D eigenvalue weighted by molar-refractivity contribution is 0.0889. The standard InChI is InChI=1S/C14H17ClO2/c1-17-13-9-11(7-8-12(13)15)14(16)10-5-3-2-4-6-10/h7-10H,2-6H2,1H3. The van der Waals surface area contributed by atoms with E-state index in [1.54, 1.807) is 25.3 Å². The smallest absolute Gasteiger partial charge is 0.166 e. The Hall–Kier alpha value is -1.02. The highest BCUT2D eigenvalue weighted by Gasteiger charge is 2.22. The van der Waals surface area contributed by atoms with Gasteiger partial charge in [0.2, 0.25) is 0 Å². The predicted octanol–water partition coefficient (Wildman–Crippen LogP) is 4.11. The summed E-state index contributed by atoms with van der Waals surface area (Å²) in [4.78, 5) is 12.3. The van der Waals surface area contributed by atoms with Crippen LogP contribution in [0.4, 0.5) is 0 Å². The van der Waals surface area contributed by atoms with Gasteiger partial charge in [-0.15, -0.1) is 0 Å². The summed E-state index contributed by atoms with van der Waals surface area (Å²) in [6, 6.07) is 5.28. The summed E-state index contributed by atoms with van der Waals surface area (Å²) in [5.74, 6) is 1.00. The van der Waals surface area contributed by atoms with E-state index in [9.17, 15) is 4.79 Å². The van der Waals surface area contributed by atoms with Gasteiger partial charge in [0.15, 0.2) is 5.78 Å². The molecule has 0 aliphatic heterocycles. The normalized spacial score (nSPS) is 16.8. The molecule has 0 spiro atoms. The summed E-state index contributed by atoms with van der Waals surface area (Å²) in [6.07, 6.45) is 5.63. The fourth-order valence-corrected chi connectivity index (χ4v) is 2.61. The van der Waals surface area contributed by atoms with Crippen molar-refractivity contribution in [2.75, 3.05) is 7.11 Å². The van der Waals surface area contributed by atoms with E-state index in [4.69, 9.17) is 16.3 Å². The lowest BCUT2D eigenvalue weighted by Crippen LogP contribution is -2.17. The van der Waals surface area contributed by atoms with Gasteiger partial charge in [-0.05, 0) is 31.0 Å². The molecule has 0 amide bonds. The Morgan fingerprint density at radius 3 is 2.65 bits per heavy atom. The van der Waals surface area contributed by atoms with Gasteiger partial charge >= 0.3 is 0 Å². The second-order valence-corrected chi connectivity index (χ2v) is 4.96. The third-order valence-corrected chi connectivity index (χ3v) is 3.72. The van der Waals surface area contributed by atoms with Gasteiger partial charge in [0.1, 0.15) is 5.75 Å². The van der Waals surface area contributed by atoms with E-state index < -0.39 is 0 Å². The van der Waals surface area contributed by atoms with E-state index in [2.05, 4.69) is 0 Å². The molecule has 0 N–H and O–H groups in total. The molecule has 1 aliphatic carbocycles. The lowest BCUT2D eigenvalue weighted by Gasteiger charge is -2.20. The maximum absolute atomic E-state index is 12.3. The first-order valence-electron chi connectivity index (χ1n) is 6.10. The Bertz CT molecular complexity index is 409. The third kappa shape index (κ3) is 2.81. The van der Waals surface area contributed by atoms with Crippen molar-refractivity contribution in [3.8, 4) is 5.75 Å². The molecule has 92 valence electrons. The van der Waals surface area contributed by atoms with Gasteiger partial charge in [0.05, 0.1) is 12.1 Å². The molecule has 1 aromatic rings. The van der Waals surface area contributed by atoms with Crippen molar-refractivity contribution in [3.63, 3.8) is 0 Å². The summed E-state index contributed by atoms with van der Waals surface area (Å²) in [7, 11) is 1.57. The summed E-state index contributed by atoms with van der Waals surface area (Å²) >= 11 is 5.95. The molecule has 2 rings (SSSR count). The molecule has 0 heterocycles. The Morgan fingerprint density at radius 2 is 2.00 bits per heavy atom. The Kier molecular flexibility index (Phi) is 4.06. The molecule has 0 radical (unpaired) electrons. The molecule has 1 fully saturated rings. The highest BCUT2D eigenvalue weighted by Crippen LogP contribution is 2.30. The number of Topliss-reactive ketones (excluding diaryl/α,β-unsaturated/α-hetero) is 1. The van der Waals surface area contributed by atoms with E-state index in [1.165, 1.54) is 19.3 Å². The number of carbonyl (C=O) groups excluding carboxylic acids is 1. The quantitative estimate of drug-likeness (QED) is 0.757. The monoisotopic (exact) mass is 252 g/mol. The minimum Gasteiger partial charge on any atom is -0.495 e. The summed E-state index contributed by atoms with van der Waals surface area (Å²) < 4.78 is 5.14. The number of ketones is 1. The first kappa shape index (κ1) is 12.4. The van der Waals surface area contributed by atoms with Crippen molar-refractivity contribution in [2.24, 2.45) is 5.92 Å². The maximum Gasteiger partial charge on any atom is 0.166 e. The number of methoxy groups -OCH3 is 1. The van der Waals surface area contributed by atoms with Crippen molar-refractivity contribution >= 4 is 17.4 Å². The molecule has 0 aromatic heterocycles. The van der Waals surface area contributed by atoms with Gasteiger partial charge in [-0.25, -0.2) is 0 Å². The highest BCUT2D eigenvalue weighted by atomic mass is 35.5. The highest BCUT2D eigenvalue weighted by molar-refractivity contribution is 6.32. The molecule has 0 atom stereocenters. The topological polar surface area (TPSA) is 26.3 Å². The fourth-order valence-electron chi connectivity index (χ4n) is 2.41. The Morgan fingerprint density at radius 1 is 1.29 bits per heavy atom. The molecular weight excluding hydrogens is 236 g/mol. The fraction of sp³-hybridized carbons (Fsp3) is 0.500. The Labute approximate surface area is 107 Å². The second kappa shape index (κ2) is 5.54. The second-order valence-electron chi connectivity index (χ2n) is 4.55. The van der Waals surface area contributed by atoms with Crippen LogP contribution in [0.1, 0.15) is 42.5 Å². The van der Waals surface area contributed by atoms with Crippen LogP contribution in [-0.2, 0) is 0 Å². The summed E-state index contributed by atoms with van der Waals surface area (Å²) in [5.41, 5.74) is 0.721. The number of ether oxygens (including phenoxy) is 1. The third-order valence-electron chi connectivity index (χ3n) is 3.41. The first-order chi connectivity index (χ1) is 8.22. The Balaban J connectivity index is 2.18. The van der Waals surface area contributed by atoms with Crippen LogP contribution in [-0.4, -0.2) is 12.9 Å². The number of rotatable bonds is 3. The van der Waals surface area contributed by atoms with Gasteiger partial charge < -0.3 is 4.74 Å². The van der Waals surface area contributed by atoms with Crippen molar-refractivity contribution in [1.29, 1.82) is 0 Å². The predicted molar refractivity (Wildman–Crippen MR) is 68.9 cm³/mol. The van der Waals surface area contributed by atoms with E-state index in [0.717, 1.165) is 18.4 Å². The van der Waals surface area contributed by atoms with Crippen LogP contribution in [0.25, 0.3) is 0 Å². The zero-order valence-electron chi connectivity index (χ0n) is 10.0. The van der Waals surface area contributed by atoms with Crippen LogP contribution in [0.2, 0.25) is 5.02 Å². The van der Waals surface area contributed by atoms with E-state index >= 15 is 0 Å². The number of benzene rings is 1. The maximum atomic E-state index is 12.3. The molecule has 17 heavy (non-hydrogen) atoms. The molecular formula is C14H17ClO2. The summed E-state index contributed by atoms with van der Waals surface area (Å²) in [6.45, 7) is 0. The first-order valence-corrected chi connectivity index (χ1v) is 6.48. The molecule has 1 saturated carbocycles. The molecule has 1 aliphatic rings. The van der Waals surface area contributed by atoms with Crippen molar-refractivity contribution in [2.45, 2.75) is 32.1 Å². The van der Waals surface area contributed by atoms with Gasteiger partial charge in [-0.3, -0.25) is 4.79 Å². The van der Waals surface area contributed by atoms with Gasteiger partial charge in [-0.1, -0.05) is 30.9 Å². The number of halogens is 1. The summed E-state index contributed by atoms with van der Waals surface area (Å²) in [5, 5.41) is 0.549. The van der Waals surface area contributed by atoms with Crippen molar-refractivity contribution in [1.82, 2.24) is 0 Å². The number of hydrogen-bond acceptors (Lipinski definition) is 2. The largest absolute Gasteiger partial charge is 0.495 e. The lowest BCUT2D eigenvalue weighted by atomic mass is 9.84. The van der Waals surface area contributed by atoms with Crippen LogP contribution in [0.15, 0.2) is 18.2 Å². The minimum absolute atomic E-state index is 0.189. The number of carbonyl (C=O) groups is 1. The van der Waals surface area contributed by atoms with Gasteiger partial charge in [0, 0.05) is 11.5 Å². The van der Waals surface area contributed by atoms with E-state index in [-0.39, 0.29) is 11.7 Å². The molecule has 3 heteroatoms. The van der Waals surface area contributed by atoms with Crippen LogP contribution in [0, 0.1) is 5.92 Å². The molecule has 2 nitrogen and oxygen atoms in total. The number of hydrogen-bond donors (Lipinski definition) is 0. The van der Waals surface area contributed by atoms with Crippen LogP contribution >= 0.6 is 11.6 Å². The SMILES string of the molecule is COc1cc(C(=O)C2CCCCC2)ccc1Cl. The van der Waals surface area contributed by atoms with Crippen molar-refractivity contribution in [3.05, 3.63) is 28.8 Å². The molecule has 1 aromatic carbocycles. The van der Waals surface area contributed by atoms with Crippen molar-refractivity contribution < 1.29 is 9.53 Å².